The Labute approximate surface area is 80.2 Å². The SMILES string of the molecule is N[C@@H]1CCCC(N2CCOCC2)C1. The summed E-state index contributed by atoms with van der Waals surface area (Å²) in [5, 5.41) is 0. The van der Waals surface area contributed by atoms with Gasteiger partial charge in [-0.2, -0.15) is 0 Å². The first kappa shape index (κ1) is 9.44. The van der Waals surface area contributed by atoms with E-state index in [0.717, 1.165) is 32.3 Å². The molecular formula is C10H20N2O. The fourth-order valence-electron chi connectivity index (χ4n) is 2.48. The lowest BCUT2D eigenvalue weighted by atomic mass is 9.90. The normalized spacial score (nSPS) is 37.6. The van der Waals surface area contributed by atoms with Crippen LogP contribution in [0.25, 0.3) is 0 Å². The third-order valence-corrected chi connectivity index (χ3v) is 3.25. The predicted octanol–water partition coefficient (Wildman–Crippen LogP) is 0.588. The highest BCUT2D eigenvalue weighted by atomic mass is 16.5. The number of ether oxygens (including phenoxy) is 1. The molecule has 3 heteroatoms. The van der Waals surface area contributed by atoms with E-state index in [1.54, 1.807) is 0 Å². The number of nitrogens with two attached hydrogens (primary N) is 1. The number of rotatable bonds is 1. The highest BCUT2D eigenvalue weighted by Crippen LogP contribution is 2.22. The molecule has 1 saturated carbocycles. The fourth-order valence-corrected chi connectivity index (χ4v) is 2.48. The summed E-state index contributed by atoms with van der Waals surface area (Å²) in [6.45, 7) is 4.03. The Bertz CT molecular complexity index is 157. The standard InChI is InChI=1S/C10H20N2O/c11-9-2-1-3-10(8-9)12-4-6-13-7-5-12/h9-10H,1-8,11H2/t9-,10?/m1/s1. The minimum atomic E-state index is 0.446. The molecule has 2 atom stereocenters. The lowest BCUT2D eigenvalue weighted by Crippen LogP contribution is -2.47. The third-order valence-electron chi connectivity index (χ3n) is 3.25. The van der Waals surface area contributed by atoms with E-state index >= 15 is 0 Å². The van der Waals surface area contributed by atoms with Gasteiger partial charge >= 0.3 is 0 Å². The van der Waals surface area contributed by atoms with Crippen molar-refractivity contribution in [1.29, 1.82) is 0 Å². The molecule has 3 nitrogen and oxygen atoms in total. The Morgan fingerprint density at radius 2 is 1.92 bits per heavy atom. The molecule has 2 rings (SSSR count). The number of hydrogen-bond donors (Lipinski definition) is 1. The fraction of sp³-hybridized carbons (Fsp3) is 1.00. The van der Waals surface area contributed by atoms with Crippen LogP contribution in [0.4, 0.5) is 0 Å². The van der Waals surface area contributed by atoms with Crippen LogP contribution >= 0.6 is 0 Å². The summed E-state index contributed by atoms with van der Waals surface area (Å²) in [5.74, 6) is 0. The summed E-state index contributed by atoms with van der Waals surface area (Å²) in [5.41, 5.74) is 5.97. The number of hydrogen-bond acceptors (Lipinski definition) is 3. The minimum Gasteiger partial charge on any atom is -0.379 e. The second kappa shape index (κ2) is 4.40. The van der Waals surface area contributed by atoms with Crippen molar-refractivity contribution in [3.63, 3.8) is 0 Å². The number of nitrogens with zero attached hydrogens (tertiary/aromatic N) is 1. The van der Waals surface area contributed by atoms with E-state index in [2.05, 4.69) is 4.90 Å². The van der Waals surface area contributed by atoms with Gasteiger partial charge in [0.1, 0.15) is 0 Å². The maximum atomic E-state index is 5.97. The minimum absolute atomic E-state index is 0.446. The van der Waals surface area contributed by atoms with Gasteiger partial charge in [-0.15, -0.1) is 0 Å². The zero-order valence-electron chi connectivity index (χ0n) is 8.24. The van der Waals surface area contributed by atoms with Crippen LogP contribution in [0.3, 0.4) is 0 Å². The van der Waals surface area contributed by atoms with Crippen molar-refractivity contribution < 1.29 is 4.74 Å². The molecule has 1 unspecified atom stereocenters. The molecule has 1 heterocycles. The van der Waals surface area contributed by atoms with Gasteiger partial charge < -0.3 is 10.5 Å². The molecule has 2 N–H and O–H groups in total. The molecule has 1 aliphatic carbocycles. The summed E-state index contributed by atoms with van der Waals surface area (Å²) < 4.78 is 5.34. The van der Waals surface area contributed by atoms with Crippen LogP contribution in [-0.2, 0) is 4.74 Å². The number of morpholine rings is 1. The molecule has 0 bridgehead atoms. The monoisotopic (exact) mass is 184 g/mol. The second-order valence-corrected chi connectivity index (χ2v) is 4.23. The van der Waals surface area contributed by atoms with Crippen molar-refractivity contribution >= 4 is 0 Å². The molecule has 76 valence electrons. The van der Waals surface area contributed by atoms with Crippen LogP contribution in [-0.4, -0.2) is 43.3 Å². The van der Waals surface area contributed by atoms with E-state index in [1.165, 1.54) is 25.7 Å². The molecule has 0 aromatic rings. The molecule has 1 aliphatic heterocycles. The highest BCUT2D eigenvalue weighted by Gasteiger charge is 2.25. The second-order valence-electron chi connectivity index (χ2n) is 4.23. The average Bonchev–Trinajstić information content (AvgIpc) is 2.19. The Kier molecular flexibility index (Phi) is 3.19. The van der Waals surface area contributed by atoms with Gasteiger partial charge in [0.25, 0.3) is 0 Å². The first-order valence-corrected chi connectivity index (χ1v) is 5.43. The Morgan fingerprint density at radius 3 is 2.62 bits per heavy atom. The summed E-state index contributed by atoms with van der Waals surface area (Å²) in [7, 11) is 0. The molecular weight excluding hydrogens is 164 g/mol. The predicted molar refractivity (Wildman–Crippen MR) is 52.6 cm³/mol. The van der Waals surface area contributed by atoms with E-state index in [0.29, 0.717) is 6.04 Å². The molecule has 1 saturated heterocycles. The molecule has 2 aliphatic rings. The summed E-state index contributed by atoms with van der Waals surface area (Å²) >= 11 is 0. The van der Waals surface area contributed by atoms with Crippen molar-refractivity contribution in [3.8, 4) is 0 Å². The van der Waals surface area contributed by atoms with E-state index in [-0.39, 0.29) is 0 Å². The quantitative estimate of drug-likeness (QED) is 0.648. The molecule has 13 heavy (non-hydrogen) atoms. The van der Waals surface area contributed by atoms with E-state index < -0.39 is 0 Å². The van der Waals surface area contributed by atoms with Crippen LogP contribution in [0.15, 0.2) is 0 Å². The van der Waals surface area contributed by atoms with E-state index in [9.17, 15) is 0 Å². The van der Waals surface area contributed by atoms with Gasteiger partial charge in [-0.3, -0.25) is 4.90 Å². The summed E-state index contributed by atoms with van der Waals surface area (Å²) in [6.07, 6.45) is 5.07. The first-order chi connectivity index (χ1) is 6.36. The maximum absolute atomic E-state index is 5.97. The van der Waals surface area contributed by atoms with Crippen molar-refractivity contribution in [2.45, 2.75) is 37.8 Å². The van der Waals surface area contributed by atoms with Gasteiger partial charge in [0.2, 0.25) is 0 Å². The lowest BCUT2D eigenvalue weighted by Gasteiger charge is -2.38. The Balaban J connectivity index is 1.83. The molecule has 2 fully saturated rings. The van der Waals surface area contributed by atoms with Gasteiger partial charge in [0, 0.05) is 25.2 Å². The Hall–Kier alpha value is -0.120. The highest BCUT2D eigenvalue weighted by molar-refractivity contribution is 4.82. The van der Waals surface area contributed by atoms with Crippen molar-refractivity contribution in [2.75, 3.05) is 26.3 Å². The van der Waals surface area contributed by atoms with Gasteiger partial charge in [0.05, 0.1) is 13.2 Å². The van der Waals surface area contributed by atoms with Crippen LogP contribution in [0.5, 0.6) is 0 Å². The third kappa shape index (κ3) is 2.42. The molecule has 0 spiro atoms. The van der Waals surface area contributed by atoms with Crippen LogP contribution in [0.1, 0.15) is 25.7 Å². The maximum Gasteiger partial charge on any atom is 0.0594 e. The average molecular weight is 184 g/mol. The van der Waals surface area contributed by atoms with Crippen molar-refractivity contribution in [1.82, 2.24) is 4.90 Å². The molecule has 0 radical (unpaired) electrons. The van der Waals surface area contributed by atoms with Gasteiger partial charge in [-0.1, -0.05) is 6.42 Å². The van der Waals surface area contributed by atoms with Crippen molar-refractivity contribution in [2.24, 2.45) is 5.73 Å². The van der Waals surface area contributed by atoms with Crippen LogP contribution in [0, 0.1) is 0 Å². The van der Waals surface area contributed by atoms with Crippen LogP contribution < -0.4 is 5.73 Å². The first-order valence-electron chi connectivity index (χ1n) is 5.43. The van der Waals surface area contributed by atoms with E-state index in [1.807, 2.05) is 0 Å². The Morgan fingerprint density at radius 1 is 1.15 bits per heavy atom. The van der Waals surface area contributed by atoms with Gasteiger partial charge in [-0.25, -0.2) is 0 Å². The van der Waals surface area contributed by atoms with Crippen LogP contribution in [0.2, 0.25) is 0 Å². The topological polar surface area (TPSA) is 38.5 Å². The largest absolute Gasteiger partial charge is 0.379 e. The van der Waals surface area contributed by atoms with Crippen molar-refractivity contribution in [3.05, 3.63) is 0 Å². The molecule has 0 amide bonds. The lowest BCUT2D eigenvalue weighted by molar-refractivity contribution is 0.00686. The van der Waals surface area contributed by atoms with Gasteiger partial charge in [0.15, 0.2) is 0 Å². The zero-order valence-corrected chi connectivity index (χ0v) is 8.24. The van der Waals surface area contributed by atoms with E-state index in [4.69, 9.17) is 10.5 Å². The molecule has 0 aromatic heterocycles. The molecule has 0 aromatic carbocycles. The van der Waals surface area contributed by atoms with Gasteiger partial charge in [-0.05, 0) is 19.3 Å². The summed E-state index contributed by atoms with van der Waals surface area (Å²) in [4.78, 5) is 2.56. The summed E-state index contributed by atoms with van der Waals surface area (Å²) in [6, 6.07) is 1.19. The zero-order chi connectivity index (χ0) is 9.10. The smallest absolute Gasteiger partial charge is 0.0594 e.